The van der Waals surface area contributed by atoms with Gasteiger partial charge in [0.05, 0.1) is 0 Å². The Kier molecular flexibility index (Phi) is 5.32. The van der Waals surface area contributed by atoms with E-state index in [1.807, 2.05) is 22.7 Å². The highest BCUT2D eigenvalue weighted by atomic mass is 35.5. The molecule has 21 heavy (non-hydrogen) atoms. The third-order valence-corrected chi connectivity index (χ3v) is 3.36. The molecular formula is C13H20ClN7. The lowest BCUT2D eigenvalue weighted by molar-refractivity contribution is 0.782. The topological polar surface area (TPSA) is 71.8 Å². The van der Waals surface area contributed by atoms with E-state index < -0.39 is 0 Å². The predicted molar refractivity (Wildman–Crippen MR) is 83.8 cm³/mol. The van der Waals surface area contributed by atoms with Crippen molar-refractivity contribution in [1.29, 1.82) is 0 Å². The molecule has 0 aliphatic carbocycles. The fourth-order valence-corrected chi connectivity index (χ4v) is 2.15. The number of anilines is 2. The lowest BCUT2D eigenvalue weighted by atomic mass is 10.4. The number of rotatable bonds is 7. The van der Waals surface area contributed by atoms with Gasteiger partial charge in [0.1, 0.15) is 5.82 Å². The number of halogens is 1. The monoisotopic (exact) mass is 309 g/mol. The molecule has 0 aliphatic heterocycles. The number of aryl methyl sites for hydroxylation is 1. The highest BCUT2D eigenvalue weighted by molar-refractivity contribution is 6.28. The zero-order valence-corrected chi connectivity index (χ0v) is 13.3. The van der Waals surface area contributed by atoms with Crippen molar-refractivity contribution in [2.75, 3.05) is 29.9 Å². The summed E-state index contributed by atoms with van der Waals surface area (Å²) in [5, 5.41) is 3.37. The van der Waals surface area contributed by atoms with Gasteiger partial charge in [-0.1, -0.05) is 0 Å². The maximum Gasteiger partial charge on any atom is 0.231 e. The van der Waals surface area contributed by atoms with Gasteiger partial charge in [0, 0.05) is 45.5 Å². The highest BCUT2D eigenvalue weighted by Crippen LogP contribution is 2.13. The van der Waals surface area contributed by atoms with E-state index in [0.717, 1.165) is 25.3 Å². The first-order valence-corrected chi connectivity index (χ1v) is 7.38. The summed E-state index contributed by atoms with van der Waals surface area (Å²) in [4.78, 5) is 19.0. The number of nitrogens with zero attached hydrogens (tertiary/aromatic N) is 6. The summed E-state index contributed by atoms with van der Waals surface area (Å²) < 4.78 is 1.99. The molecule has 8 heteroatoms. The normalized spacial score (nSPS) is 10.7. The van der Waals surface area contributed by atoms with Crippen molar-refractivity contribution in [2.45, 2.75) is 20.3 Å². The van der Waals surface area contributed by atoms with E-state index in [1.54, 1.807) is 6.20 Å². The Hall–Kier alpha value is -1.89. The Morgan fingerprint density at radius 2 is 2.00 bits per heavy atom. The van der Waals surface area contributed by atoms with Crippen LogP contribution in [0.1, 0.15) is 19.7 Å². The van der Waals surface area contributed by atoms with Gasteiger partial charge < -0.3 is 14.8 Å². The van der Waals surface area contributed by atoms with Crippen molar-refractivity contribution in [3.63, 3.8) is 0 Å². The molecule has 0 aromatic carbocycles. The van der Waals surface area contributed by atoms with Crippen molar-refractivity contribution < 1.29 is 0 Å². The molecule has 2 aromatic heterocycles. The quantitative estimate of drug-likeness (QED) is 0.840. The van der Waals surface area contributed by atoms with Gasteiger partial charge in [-0.25, -0.2) is 4.98 Å². The number of imidazole rings is 1. The van der Waals surface area contributed by atoms with E-state index in [0.29, 0.717) is 18.4 Å². The molecule has 0 atom stereocenters. The SMILES string of the molecule is CCN(CC)c1nc(Cl)nc(NCCc2nccn2C)n1. The minimum Gasteiger partial charge on any atom is -0.354 e. The molecule has 2 rings (SSSR count). The minimum absolute atomic E-state index is 0.200. The van der Waals surface area contributed by atoms with Gasteiger partial charge in [-0.2, -0.15) is 15.0 Å². The maximum atomic E-state index is 5.97. The fourth-order valence-electron chi connectivity index (χ4n) is 1.99. The molecule has 0 amide bonds. The Labute approximate surface area is 129 Å². The van der Waals surface area contributed by atoms with Crippen LogP contribution >= 0.6 is 11.6 Å². The maximum absolute atomic E-state index is 5.97. The van der Waals surface area contributed by atoms with Crippen molar-refractivity contribution >= 4 is 23.5 Å². The first kappa shape index (κ1) is 15.5. The number of aromatic nitrogens is 5. The summed E-state index contributed by atoms with van der Waals surface area (Å²) in [6.45, 7) is 6.43. The zero-order chi connectivity index (χ0) is 15.2. The van der Waals surface area contributed by atoms with Gasteiger partial charge in [0.2, 0.25) is 17.2 Å². The first-order chi connectivity index (χ1) is 10.1. The first-order valence-electron chi connectivity index (χ1n) is 7.00. The van der Waals surface area contributed by atoms with Crippen LogP contribution in [0.25, 0.3) is 0 Å². The van der Waals surface area contributed by atoms with Crippen LogP contribution in [0.15, 0.2) is 12.4 Å². The van der Waals surface area contributed by atoms with Gasteiger partial charge in [-0.05, 0) is 25.4 Å². The van der Waals surface area contributed by atoms with Crippen LogP contribution < -0.4 is 10.2 Å². The summed E-state index contributed by atoms with van der Waals surface area (Å²) in [5.41, 5.74) is 0. The van der Waals surface area contributed by atoms with Crippen LogP contribution in [0, 0.1) is 0 Å². The average molecular weight is 310 g/mol. The van der Waals surface area contributed by atoms with E-state index >= 15 is 0 Å². The molecule has 0 bridgehead atoms. The molecule has 0 radical (unpaired) electrons. The summed E-state index contributed by atoms with van der Waals surface area (Å²) in [6, 6.07) is 0. The van der Waals surface area contributed by atoms with Gasteiger partial charge in [0.25, 0.3) is 0 Å². The minimum atomic E-state index is 0.200. The average Bonchev–Trinajstić information content (AvgIpc) is 2.85. The molecule has 2 aromatic rings. The van der Waals surface area contributed by atoms with Gasteiger partial charge in [-0.15, -0.1) is 0 Å². The van der Waals surface area contributed by atoms with Gasteiger partial charge in [0.15, 0.2) is 0 Å². The second-order valence-corrected chi connectivity index (χ2v) is 4.87. The molecule has 2 heterocycles. The van der Waals surface area contributed by atoms with E-state index in [1.165, 1.54) is 0 Å². The number of hydrogen-bond acceptors (Lipinski definition) is 6. The molecule has 0 fully saturated rings. The molecule has 0 aliphatic rings. The van der Waals surface area contributed by atoms with Crippen LogP contribution in [0.3, 0.4) is 0 Å². The number of hydrogen-bond donors (Lipinski definition) is 1. The van der Waals surface area contributed by atoms with Crippen molar-refractivity contribution in [2.24, 2.45) is 7.05 Å². The van der Waals surface area contributed by atoms with Gasteiger partial charge >= 0.3 is 0 Å². The third-order valence-electron chi connectivity index (χ3n) is 3.20. The van der Waals surface area contributed by atoms with Gasteiger partial charge in [-0.3, -0.25) is 0 Å². The summed E-state index contributed by atoms with van der Waals surface area (Å²) >= 11 is 5.97. The fraction of sp³-hybridized carbons (Fsp3) is 0.538. The molecule has 1 N–H and O–H groups in total. The highest BCUT2D eigenvalue weighted by Gasteiger charge is 2.10. The van der Waals surface area contributed by atoms with Crippen LogP contribution in [0.2, 0.25) is 5.28 Å². The predicted octanol–water partition coefficient (Wildman–Crippen LogP) is 1.76. The lowest BCUT2D eigenvalue weighted by Crippen LogP contribution is -2.25. The third kappa shape index (κ3) is 4.04. The molecule has 0 saturated heterocycles. The van der Waals surface area contributed by atoms with Crippen LogP contribution in [-0.4, -0.2) is 44.1 Å². The Bertz CT molecular complexity index is 580. The molecular weight excluding hydrogens is 290 g/mol. The zero-order valence-electron chi connectivity index (χ0n) is 12.5. The van der Waals surface area contributed by atoms with Crippen LogP contribution in [0.5, 0.6) is 0 Å². The van der Waals surface area contributed by atoms with Crippen molar-refractivity contribution in [3.8, 4) is 0 Å². The molecule has 0 saturated carbocycles. The summed E-state index contributed by atoms with van der Waals surface area (Å²) in [7, 11) is 1.97. The standard InChI is InChI=1S/C13H20ClN7/c1-4-21(5-2)13-18-11(14)17-12(19-13)16-7-6-10-15-8-9-20(10)3/h8-9H,4-7H2,1-3H3,(H,16,17,18,19). The second-order valence-electron chi connectivity index (χ2n) is 4.53. The summed E-state index contributed by atoms with van der Waals surface area (Å²) in [5.74, 6) is 2.09. The molecule has 0 unspecified atom stereocenters. The van der Waals surface area contributed by atoms with E-state index in [2.05, 4.69) is 39.1 Å². The second kappa shape index (κ2) is 7.21. The Balaban J connectivity index is 2.01. The Morgan fingerprint density at radius 3 is 2.62 bits per heavy atom. The lowest BCUT2D eigenvalue weighted by Gasteiger charge is -2.18. The van der Waals surface area contributed by atoms with Crippen LogP contribution in [0.4, 0.5) is 11.9 Å². The van der Waals surface area contributed by atoms with Crippen molar-refractivity contribution in [3.05, 3.63) is 23.5 Å². The van der Waals surface area contributed by atoms with Crippen LogP contribution in [-0.2, 0) is 13.5 Å². The smallest absolute Gasteiger partial charge is 0.231 e. The van der Waals surface area contributed by atoms with E-state index in [9.17, 15) is 0 Å². The van der Waals surface area contributed by atoms with E-state index in [-0.39, 0.29) is 5.28 Å². The molecule has 0 spiro atoms. The largest absolute Gasteiger partial charge is 0.354 e. The Morgan fingerprint density at radius 1 is 1.24 bits per heavy atom. The number of nitrogens with one attached hydrogen (secondary N) is 1. The summed E-state index contributed by atoms with van der Waals surface area (Å²) in [6.07, 6.45) is 4.49. The molecule has 7 nitrogen and oxygen atoms in total. The van der Waals surface area contributed by atoms with E-state index in [4.69, 9.17) is 11.6 Å². The molecule has 114 valence electrons. The van der Waals surface area contributed by atoms with Crippen molar-refractivity contribution in [1.82, 2.24) is 24.5 Å².